The first kappa shape index (κ1) is 12.7. The first-order valence-electron chi connectivity index (χ1n) is 8.53. The van der Waals surface area contributed by atoms with Gasteiger partial charge < -0.3 is 5.32 Å². The van der Waals surface area contributed by atoms with Crippen LogP contribution >= 0.6 is 11.6 Å². The van der Waals surface area contributed by atoms with Crippen LogP contribution < -0.4 is 5.32 Å². The standard InChI is InChI=1S/C17H22ClN3/c18-16-19-14-3-1-2-13(14)15(20-16)21-17-7-10-4-11(8-17)6-12(5-10)9-17/h10-12H,1-9H2,(H,19,20,21). The van der Waals surface area contributed by atoms with Gasteiger partial charge >= 0.3 is 0 Å². The van der Waals surface area contributed by atoms with E-state index in [-0.39, 0.29) is 0 Å². The fourth-order valence-electron chi connectivity index (χ4n) is 6.02. The highest BCUT2D eigenvalue weighted by atomic mass is 35.5. The van der Waals surface area contributed by atoms with Crippen molar-refractivity contribution in [2.75, 3.05) is 5.32 Å². The van der Waals surface area contributed by atoms with E-state index in [2.05, 4.69) is 15.3 Å². The third-order valence-electron chi connectivity index (χ3n) is 6.33. The van der Waals surface area contributed by atoms with Crippen molar-refractivity contribution in [1.82, 2.24) is 9.97 Å². The number of anilines is 1. The van der Waals surface area contributed by atoms with Crippen molar-refractivity contribution in [3.8, 4) is 0 Å². The van der Waals surface area contributed by atoms with Gasteiger partial charge in [-0.2, -0.15) is 0 Å². The molecule has 0 aliphatic heterocycles. The van der Waals surface area contributed by atoms with Gasteiger partial charge in [0.1, 0.15) is 5.82 Å². The zero-order valence-electron chi connectivity index (χ0n) is 12.4. The molecule has 0 amide bonds. The lowest BCUT2D eigenvalue weighted by Crippen LogP contribution is -2.55. The molecule has 3 nitrogen and oxygen atoms in total. The van der Waals surface area contributed by atoms with Crippen LogP contribution in [0.2, 0.25) is 5.28 Å². The molecule has 4 heteroatoms. The van der Waals surface area contributed by atoms with Crippen molar-refractivity contribution in [1.29, 1.82) is 0 Å². The lowest BCUT2D eigenvalue weighted by molar-refractivity contribution is 0.0105. The molecular weight excluding hydrogens is 282 g/mol. The molecule has 1 aromatic heterocycles. The highest BCUT2D eigenvalue weighted by Crippen LogP contribution is 2.56. The van der Waals surface area contributed by atoms with E-state index in [1.54, 1.807) is 0 Å². The van der Waals surface area contributed by atoms with Crippen LogP contribution in [0.15, 0.2) is 0 Å². The Labute approximate surface area is 130 Å². The Morgan fingerprint density at radius 3 is 2.29 bits per heavy atom. The summed E-state index contributed by atoms with van der Waals surface area (Å²) >= 11 is 6.15. The number of aromatic nitrogens is 2. The van der Waals surface area contributed by atoms with Crippen molar-refractivity contribution < 1.29 is 0 Å². The quantitative estimate of drug-likeness (QED) is 0.839. The predicted molar refractivity (Wildman–Crippen MR) is 83.6 cm³/mol. The van der Waals surface area contributed by atoms with Crippen LogP contribution in [0.25, 0.3) is 0 Å². The first-order valence-corrected chi connectivity index (χ1v) is 8.90. The molecule has 0 atom stereocenters. The number of nitrogens with zero attached hydrogens (tertiary/aromatic N) is 2. The van der Waals surface area contributed by atoms with Gasteiger partial charge in [-0.15, -0.1) is 0 Å². The summed E-state index contributed by atoms with van der Waals surface area (Å²) in [6.45, 7) is 0. The zero-order valence-corrected chi connectivity index (χ0v) is 13.1. The van der Waals surface area contributed by atoms with Gasteiger partial charge in [0.05, 0.1) is 5.69 Å². The smallest absolute Gasteiger partial charge is 0.224 e. The summed E-state index contributed by atoms with van der Waals surface area (Å²) in [7, 11) is 0. The summed E-state index contributed by atoms with van der Waals surface area (Å²) in [6, 6.07) is 0. The third-order valence-corrected chi connectivity index (χ3v) is 6.50. The van der Waals surface area contributed by atoms with Crippen LogP contribution in [0.1, 0.15) is 56.2 Å². The van der Waals surface area contributed by atoms with Gasteiger partial charge in [-0.3, -0.25) is 0 Å². The Morgan fingerprint density at radius 1 is 0.952 bits per heavy atom. The number of aryl methyl sites for hydroxylation is 1. The molecule has 0 spiro atoms. The summed E-state index contributed by atoms with van der Waals surface area (Å²) < 4.78 is 0. The highest BCUT2D eigenvalue weighted by molar-refractivity contribution is 6.28. The molecule has 21 heavy (non-hydrogen) atoms. The van der Waals surface area contributed by atoms with Gasteiger partial charge in [-0.25, -0.2) is 9.97 Å². The van der Waals surface area contributed by atoms with Gasteiger partial charge in [0.25, 0.3) is 0 Å². The molecular formula is C17H22ClN3. The van der Waals surface area contributed by atoms with Crippen LogP contribution in [0.4, 0.5) is 5.82 Å². The second kappa shape index (κ2) is 4.34. The number of rotatable bonds is 2. The zero-order chi connectivity index (χ0) is 14.0. The Balaban J connectivity index is 1.50. The van der Waals surface area contributed by atoms with Crippen LogP contribution in [-0.2, 0) is 12.8 Å². The lowest BCUT2D eigenvalue weighted by atomic mass is 9.53. The molecule has 4 fully saturated rings. The Bertz CT molecular complexity index is 563. The minimum atomic E-state index is 0.308. The SMILES string of the molecule is Clc1nc2c(c(NC34CC5CC(CC(C5)C3)C4)n1)CCC2. The summed E-state index contributed by atoms with van der Waals surface area (Å²) in [5.41, 5.74) is 2.83. The molecule has 112 valence electrons. The Morgan fingerprint density at radius 2 is 1.62 bits per heavy atom. The van der Waals surface area contributed by atoms with E-state index in [4.69, 9.17) is 11.6 Å². The van der Waals surface area contributed by atoms with E-state index in [0.717, 1.165) is 36.4 Å². The molecule has 1 aromatic rings. The van der Waals surface area contributed by atoms with Gasteiger partial charge in [-0.1, -0.05) is 0 Å². The predicted octanol–water partition coefficient (Wildman–Crippen LogP) is 4.00. The number of fused-ring (bicyclic) bond motifs is 1. The number of hydrogen-bond acceptors (Lipinski definition) is 3. The second-order valence-corrected chi connectivity index (χ2v) is 8.28. The maximum Gasteiger partial charge on any atom is 0.224 e. The molecule has 0 aromatic carbocycles. The van der Waals surface area contributed by atoms with Gasteiger partial charge in [-0.05, 0) is 87.1 Å². The van der Waals surface area contributed by atoms with Crippen LogP contribution in [0.5, 0.6) is 0 Å². The molecule has 5 aliphatic rings. The molecule has 0 saturated heterocycles. The van der Waals surface area contributed by atoms with E-state index in [9.17, 15) is 0 Å². The average molecular weight is 304 g/mol. The first-order chi connectivity index (χ1) is 10.2. The normalized spacial score (nSPS) is 39.6. The molecule has 1 N–H and O–H groups in total. The molecule has 4 bridgehead atoms. The summed E-state index contributed by atoms with van der Waals surface area (Å²) in [5.74, 6) is 3.92. The van der Waals surface area contributed by atoms with Crippen molar-refractivity contribution in [3.05, 3.63) is 16.5 Å². The van der Waals surface area contributed by atoms with Crippen molar-refractivity contribution in [2.45, 2.75) is 63.3 Å². The van der Waals surface area contributed by atoms with Crippen molar-refractivity contribution in [2.24, 2.45) is 17.8 Å². The summed E-state index contributed by atoms with van der Waals surface area (Å²) in [5, 5.41) is 4.31. The van der Waals surface area contributed by atoms with E-state index in [1.807, 2.05) is 0 Å². The molecule has 1 heterocycles. The Hall–Kier alpha value is -0.830. The summed E-state index contributed by atoms with van der Waals surface area (Å²) in [4.78, 5) is 8.99. The number of nitrogens with one attached hydrogen (secondary N) is 1. The minimum Gasteiger partial charge on any atom is -0.364 e. The van der Waals surface area contributed by atoms with Crippen molar-refractivity contribution in [3.63, 3.8) is 0 Å². The third kappa shape index (κ3) is 2.00. The minimum absolute atomic E-state index is 0.308. The van der Waals surface area contributed by atoms with Crippen LogP contribution in [0.3, 0.4) is 0 Å². The summed E-state index contributed by atoms with van der Waals surface area (Å²) in [6.07, 6.45) is 11.8. The number of halogens is 1. The fourth-order valence-corrected chi connectivity index (χ4v) is 6.21. The molecule has 0 unspecified atom stereocenters. The number of hydrogen-bond donors (Lipinski definition) is 1. The Kier molecular flexibility index (Phi) is 2.62. The van der Waals surface area contributed by atoms with E-state index in [1.165, 1.54) is 56.2 Å². The van der Waals surface area contributed by atoms with E-state index < -0.39 is 0 Å². The van der Waals surface area contributed by atoms with E-state index in [0.29, 0.717) is 10.8 Å². The van der Waals surface area contributed by atoms with E-state index >= 15 is 0 Å². The molecule has 4 saturated carbocycles. The lowest BCUT2D eigenvalue weighted by Gasteiger charge is -2.57. The molecule has 5 aliphatic carbocycles. The van der Waals surface area contributed by atoms with Crippen LogP contribution in [0, 0.1) is 17.8 Å². The molecule has 0 radical (unpaired) electrons. The van der Waals surface area contributed by atoms with Crippen molar-refractivity contribution >= 4 is 17.4 Å². The topological polar surface area (TPSA) is 37.8 Å². The van der Waals surface area contributed by atoms with Gasteiger partial charge in [0, 0.05) is 11.1 Å². The second-order valence-electron chi connectivity index (χ2n) is 7.94. The maximum absolute atomic E-state index is 6.15. The monoisotopic (exact) mass is 303 g/mol. The maximum atomic E-state index is 6.15. The average Bonchev–Trinajstić information content (AvgIpc) is 2.84. The largest absolute Gasteiger partial charge is 0.364 e. The highest BCUT2D eigenvalue weighted by Gasteiger charge is 2.51. The van der Waals surface area contributed by atoms with Crippen LogP contribution in [-0.4, -0.2) is 15.5 Å². The molecule has 6 rings (SSSR count). The fraction of sp³-hybridized carbons (Fsp3) is 0.765. The van der Waals surface area contributed by atoms with Gasteiger partial charge in [0.2, 0.25) is 5.28 Å². The van der Waals surface area contributed by atoms with Gasteiger partial charge in [0.15, 0.2) is 0 Å².